The lowest BCUT2D eigenvalue weighted by Gasteiger charge is -2.10. The Bertz CT molecular complexity index is 201. The molecule has 3 nitrogen and oxygen atoms in total. The molecule has 1 aliphatic heterocycles. The predicted octanol–water partition coefficient (Wildman–Crippen LogP) is 3.05. The Hall–Kier alpha value is -0.990. The Labute approximate surface area is 85.1 Å². The highest BCUT2D eigenvalue weighted by molar-refractivity contribution is 5.62. The molecule has 0 aliphatic carbocycles. The van der Waals surface area contributed by atoms with Crippen molar-refractivity contribution in [3.8, 4) is 0 Å². The number of rotatable bonds is 6. The van der Waals surface area contributed by atoms with E-state index in [1.807, 2.05) is 0 Å². The standard InChI is InChI=1S/C11H18O3/c1-3-5-6-7-8-10-9(4-2)13-11(12)14-10/h4,9-10H,2-3,5-8H2,1H3. The van der Waals surface area contributed by atoms with E-state index >= 15 is 0 Å². The maximum atomic E-state index is 10.8. The van der Waals surface area contributed by atoms with Crippen molar-refractivity contribution in [3.63, 3.8) is 0 Å². The van der Waals surface area contributed by atoms with Crippen molar-refractivity contribution in [1.82, 2.24) is 0 Å². The van der Waals surface area contributed by atoms with Crippen molar-refractivity contribution >= 4 is 6.16 Å². The molecule has 0 radical (unpaired) electrons. The fourth-order valence-electron chi connectivity index (χ4n) is 1.60. The second-order valence-electron chi connectivity index (χ2n) is 3.57. The summed E-state index contributed by atoms with van der Waals surface area (Å²) in [6.45, 7) is 5.79. The molecular formula is C11H18O3. The van der Waals surface area contributed by atoms with Crippen molar-refractivity contribution in [1.29, 1.82) is 0 Å². The summed E-state index contributed by atoms with van der Waals surface area (Å²) >= 11 is 0. The summed E-state index contributed by atoms with van der Waals surface area (Å²) in [5.74, 6) is 0. The summed E-state index contributed by atoms with van der Waals surface area (Å²) in [7, 11) is 0. The number of hydrogen-bond donors (Lipinski definition) is 0. The van der Waals surface area contributed by atoms with E-state index in [1.165, 1.54) is 19.3 Å². The minimum absolute atomic E-state index is 0.114. The number of unbranched alkanes of at least 4 members (excludes halogenated alkanes) is 3. The summed E-state index contributed by atoms with van der Waals surface area (Å²) in [5.41, 5.74) is 0. The molecule has 1 rings (SSSR count). The molecule has 0 amide bonds. The Morgan fingerprint density at radius 2 is 2.14 bits per heavy atom. The Kier molecular flexibility index (Phi) is 4.50. The number of cyclic esters (lactones) is 2. The van der Waals surface area contributed by atoms with Crippen LogP contribution in [0, 0.1) is 0 Å². The van der Waals surface area contributed by atoms with Gasteiger partial charge in [-0.1, -0.05) is 32.8 Å². The van der Waals surface area contributed by atoms with Crippen LogP contribution in [-0.4, -0.2) is 18.4 Å². The van der Waals surface area contributed by atoms with Crippen LogP contribution in [0.4, 0.5) is 4.79 Å². The van der Waals surface area contributed by atoms with E-state index in [0.717, 1.165) is 12.8 Å². The molecule has 1 fully saturated rings. The second-order valence-corrected chi connectivity index (χ2v) is 3.57. The first-order chi connectivity index (χ1) is 6.77. The average molecular weight is 198 g/mol. The first-order valence-electron chi connectivity index (χ1n) is 5.27. The maximum Gasteiger partial charge on any atom is 0.509 e. The van der Waals surface area contributed by atoms with E-state index in [-0.39, 0.29) is 12.2 Å². The van der Waals surface area contributed by atoms with Gasteiger partial charge in [-0.05, 0) is 18.9 Å². The summed E-state index contributed by atoms with van der Waals surface area (Å²) in [6.07, 6.45) is 6.31. The number of ether oxygens (including phenoxy) is 2. The lowest BCUT2D eigenvalue weighted by molar-refractivity contribution is 0.115. The molecule has 3 heteroatoms. The predicted molar refractivity (Wildman–Crippen MR) is 54.1 cm³/mol. The van der Waals surface area contributed by atoms with E-state index < -0.39 is 6.16 Å². The van der Waals surface area contributed by atoms with Crippen molar-refractivity contribution in [2.24, 2.45) is 0 Å². The minimum Gasteiger partial charge on any atom is -0.427 e. The van der Waals surface area contributed by atoms with Crippen LogP contribution in [0.5, 0.6) is 0 Å². The normalized spacial score (nSPS) is 25.6. The van der Waals surface area contributed by atoms with Gasteiger partial charge in [0.1, 0.15) is 6.10 Å². The molecule has 0 saturated carbocycles. The molecule has 0 aromatic carbocycles. The quantitative estimate of drug-likeness (QED) is 0.374. The van der Waals surface area contributed by atoms with Gasteiger partial charge in [-0.25, -0.2) is 4.79 Å². The average Bonchev–Trinajstić information content (AvgIpc) is 2.54. The molecule has 14 heavy (non-hydrogen) atoms. The lowest BCUT2D eigenvalue weighted by atomic mass is 10.1. The van der Waals surface area contributed by atoms with Gasteiger partial charge in [0, 0.05) is 0 Å². The van der Waals surface area contributed by atoms with Crippen LogP contribution >= 0.6 is 0 Å². The van der Waals surface area contributed by atoms with E-state index in [0.29, 0.717) is 0 Å². The van der Waals surface area contributed by atoms with E-state index in [9.17, 15) is 4.79 Å². The van der Waals surface area contributed by atoms with Crippen molar-refractivity contribution in [3.05, 3.63) is 12.7 Å². The number of carbonyl (C=O) groups is 1. The largest absolute Gasteiger partial charge is 0.509 e. The van der Waals surface area contributed by atoms with Gasteiger partial charge in [0.05, 0.1) is 0 Å². The summed E-state index contributed by atoms with van der Waals surface area (Å²) in [4.78, 5) is 10.8. The fourth-order valence-corrected chi connectivity index (χ4v) is 1.60. The molecule has 1 aliphatic rings. The zero-order chi connectivity index (χ0) is 10.4. The summed E-state index contributed by atoms with van der Waals surface area (Å²) < 4.78 is 9.91. The Morgan fingerprint density at radius 3 is 2.79 bits per heavy atom. The molecular weight excluding hydrogens is 180 g/mol. The zero-order valence-electron chi connectivity index (χ0n) is 8.70. The third kappa shape index (κ3) is 3.05. The summed E-state index contributed by atoms with van der Waals surface area (Å²) in [6, 6.07) is 0. The molecule has 0 spiro atoms. The van der Waals surface area contributed by atoms with E-state index in [2.05, 4.69) is 13.5 Å². The van der Waals surface area contributed by atoms with Gasteiger partial charge in [0.2, 0.25) is 0 Å². The molecule has 1 heterocycles. The van der Waals surface area contributed by atoms with Crippen LogP contribution in [0.25, 0.3) is 0 Å². The molecule has 0 aromatic heterocycles. The van der Waals surface area contributed by atoms with Gasteiger partial charge in [-0.2, -0.15) is 0 Å². The highest BCUT2D eigenvalue weighted by Gasteiger charge is 2.33. The highest BCUT2D eigenvalue weighted by atomic mass is 16.8. The molecule has 0 N–H and O–H groups in total. The van der Waals surface area contributed by atoms with Gasteiger partial charge in [-0.3, -0.25) is 0 Å². The number of carbonyl (C=O) groups excluding carboxylic acids is 1. The first-order valence-corrected chi connectivity index (χ1v) is 5.27. The van der Waals surface area contributed by atoms with Crippen molar-refractivity contribution in [2.45, 2.75) is 51.2 Å². The Morgan fingerprint density at radius 1 is 1.36 bits per heavy atom. The van der Waals surface area contributed by atoms with E-state index in [4.69, 9.17) is 9.47 Å². The lowest BCUT2D eigenvalue weighted by Crippen LogP contribution is -2.19. The van der Waals surface area contributed by atoms with Crippen LogP contribution in [0.1, 0.15) is 39.0 Å². The van der Waals surface area contributed by atoms with Crippen LogP contribution < -0.4 is 0 Å². The molecule has 2 unspecified atom stereocenters. The van der Waals surface area contributed by atoms with Crippen LogP contribution in [-0.2, 0) is 9.47 Å². The topological polar surface area (TPSA) is 35.5 Å². The van der Waals surface area contributed by atoms with Gasteiger partial charge in [-0.15, -0.1) is 0 Å². The van der Waals surface area contributed by atoms with Gasteiger partial charge < -0.3 is 9.47 Å². The van der Waals surface area contributed by atoms with Gasteiger partial charge in [0.15, 0.2) is 6.10 Å². The highest BCUT2D eigenvalue weighted by Crippen LogP contribution is 2.21. The molecule has 2 atom stereocenters. The van der Waals surface area contributed by atoms with Crippen LogP contribution in [0.3, 0.4) is 0 Å². The number of hydrogen-bond acceptors (Lipinski definition) is 3. The molecule has 80 valence electrons. The monoisotopic (exact) mass is 198 g/mol. The zero-order valence-corrected chi connectivity index (χ0v) is 8.70. The maximum absolute atomic E-state index is 10.8. The second kappa shape index (κ2) is 5.68. The first kappa shape index (κ1) is 11.1. The van der Waals surface area contributed by atoms with Gasteiger partial charge >= 0.3 is 6.16 Å². The minimum atomic E-state index is -0.560. The SMILES string of the molecule is C=CC1OC(=O)OC1CCCCCC. The van der Waals surface area contributed by atoms with Gasteiger partial charge in [0.25, 0.3) is 0 Å². The van der Waals surface area contributed by atoms with Crippen LogP contribution in [0.2, 0.25) is 0 Å². The smallest absolute Gasteiger partial charge is 0.427 e. The fraction of sp³-hybridized carbons (Fsp3) is 0.727. The molecule has 1 saturated heterocycles. The van der Waals surface area contributed by atoms with Crippen LogP contribution in [0.15, 0.2) is 12.7 Å². The third-order valence-electron chi connectivity index (χ3n) is 2.42. The Balaban J connectivity index is 2.22. The third-order valence-corrected chi connectivity index (χ3v) is 2.42. The summed E-state index contributed by atoms with van der Waals surface area (Å²) in [5, 5.41) is 0. The van der Waals surface area contributed by atoms with E-state index in [1.54, 1.807) is 6.08 Å². The molecule has 0 aromatic rings. The molecule has 0 bridgehead atoms. The van der Waals surface area contributed by atoms with Crippen molar-refractivity contribution < 1.29 is 14.3 Å². The van der Waals surface area contributed by atoms with Crippen molar-refractivity contribution in [2.75, 3.05) is 0 Å².